The Morgan fingerprint density at radius 3 is 2.38 bits per heavy atom. The van der Waals surface area contributed by atoms with Crippen molar-refractivity contribution in [2.24, 2.45) is 0 Å². The molecule has 78 valence electrons. The predicted octanol–water partition coefficient (Wildman–Crippen LogP) is 4.38. The van der Waals surface area contributed by atoms with Crippen LogP contribution in [-0.4, -0.2) is 10.6 Å². The Morgan fingerprint density at radius 1 is 1.15 bits per heavy atom. The van der Waals surface area contributed by atoms with Gasteiger partial charge in [0, 0.05) is 5.75 Å². The molecule has 1 unspecified atom stereocenters. The van der Waals surface area contributed by atoms with E-state index >= 15 is 0 Å². The van der Waals surface area contributed by atoms with Crippen LogP contribution >= 0.6 is 28.4 Å². The maximum atomic E-state index is 10.3. The van der Waals surface area contributed by atoms with Crippen LogP contribution in [0.2, 0.25) is 0 Å². The second kappa shape index (κ2) is 10.8. The van der Waals surface area contributed by atoms with Crippen LogP contribution in [0.3, 0.4) is 0 Å². The molecule has 0 saturated carbocycles. The van der Waals surface area contributed by atoms with Crippen molar-refractivity contribution in [1.82, 2.24) is 0 Å². The molecule has 13 heavy (non-hydrogen) atoms. The molecule has 0 aromatic rings. The van der Waals surface area contributed by atoms with Crippen LogP contribution in [0.25, 0.3) is 0 Å². The standard InChI is InChI=1S/C8H17O2PS2/c1-2-3-4-5-6-7-8-12-13-11(9)10/h2-8H2,1H3/p+1. The summed E-state index contributed by atoms with van der Waals surface area (Å²) in [6.07, 6.45) is 7.70. The number of rotatable bonds is 9. The lowest BCUT2D eigenvalue weighted by Gasteiger charge is -1.97. The van der Waals surface area contributed by atoms with Gasteiger partial charge in [-0.3, -0.25) is 0 Å². The van der Waals surface area contributed by atoms with Gasteiger partial charge in [0.2, 0.25) is 10.4 Å². The number of hydrogen-bond donors (Lipinski definition) is 1. The Morgan fingerprint density at radius 2 is 1.77 bits per heavy atom. The van der Waals surface area contributed by atoms with E-state index < -0.39 is 7.23 Å². The van der Waals surface area contributed by atoms with Crippen molar-refractivity contribution in [3.8, 4) is 0 Å². The van der Waals surface area contributed by atoms with Gasteiger partial charge in [0.15, 0.2) is 0 Å². The third-order valence-corrected chi connectivity index (χ3v) is 5.68. The highest BCUT2D eigenvalue weighted by atomic mass is 33.3. The van der Waals surface area contributed by atoms with Gasteiger partial charge in [-0.2, -0.15) is 0 Å². The lowest BCUT2D eigenvalue weighted by atomic mass is 10.1. The molecule has 0 spiro atoms. The Bertz CT molecular complexity index is 133. The lowest BCUT2D eigenvalue weighted by Crippen LogP contribution is -1.80. The molecule has 2 nitrogen and oxygen atoms in total. The van der Waals surface area contributed by atoms with E-state index in [1.165, 1.54) is 49.3 Å². The normalized spacial score (nSPS) is 11.7. The molecule has 0 aliphatic heterocycles. The smallest absolute Gasteiger partial charge is 0.150 e. The van der Waals surface area contributed by atoms with Gasteiger partial charge in [0.05, 0.1) is 0 Å². The molecule has 0 amide bonds. The minimum atomic E-state index is -2.00. The molecule has 0 rings (SSSR count). The Kier molecular flexibility index (Phi) is 11.5. The van der Waals surface area contributed by atoms with Gasteiger partial charge < -0.3 is 0 Å². The first-order chi connectivity index (χ1) is 6.27. The summed E-state index contributed by atoms with van der Waals surface area (Å²) < 4.78 is 10.3. The van der Waals surface area contributed by atoms with Crippen LogP contribution in [0, 0.1) is 0 Å². The van der Waals surface area contributed by atoms with E-state index in [2.05, 4.69) is 6.92 Å². The Hall–Kier alpha value is 0.760. The molecule has 1 atom stereocenters. The van der Waals surface area contributed by atoms with Crippen LogP contribution < -0.4 is 0 Å². The van der Waals surface area contributed by atoms with Crippen LogP contribution in [-0.2, 0) is 4.57 Å². The first-order valence-corrected chi connectivity index (χ1v) is 8.86. The molecule has 0 radical (unpaired) electrons. The summed E-state index contributed by atoms with van der Waals surface area (Å²) in [6.45, 7) is 2.21. The summed E-state index contributed by atoms with van der Waals surface area (Å²) in [5.74, 6) is 0.998. The first-order valence-electron chi connectivity index (χ1n) is 4.73. The van der Waals surface area contributed by atoms with Crippen LogP contribution in [0.15, 0.2) is 0 Å². The zero-order chi connectivity index (χ0) is 9.94. The molecular weight excluding hydrogens is 223 g/mol. The monoisotopic (exact) mass is 241 g/mol. The first kappa shape index (κ1) is 13.8. The van der Waals surface area contributed by atoms with E-state index in [1.54, 1.807) is 0 Å². The maximum absolute atomic E-state index is 10.3. The van der Waals surface area contributed by atoms with E-state index in [1.807, 2.05) is 0 Å². The van der Waals surface area contributed by atoms with Crippen molar-refractivity contribution < 1.29 is 9.46 Å². The molecule has 0 aliphatic rings. The summed E-state index contributed by atoms with van der Waals surface area (Å²) in [5.41, 5.74) is 0. The minimum Gasteiger partial charge on any atom is -0.150 e. The zero-order valence-corrected chi connectivity index (χ0v) is 10.6. The van der Waals surface area contributed by atoms with Crippen LogP contribution in [0.1, 0.15) is 45.4 Å². The van der Waals surface area contributed by atoms with Crippen molar-refractivity contribution in [1.29, 1.82) is 0 Å². The Labute approximate surface area is 89.3 Å². The van der Waals surface area contributed by atoms with Crippen molar-refractivity contribution >= 4 is 28.4 Å². The average molecular weight is 241 g/mol. The highest BCUT2D eigenvalue weighted by molar-refractivity contribution is 8.96. The molecule has 0 heterocycles. The SMILES string of the molecule is CCCCCCCCSS[P+](=O)O. The van der Waals surface area contributed by atoms with Gasteiger partial charge in [-0.15, -0.1) is 4.89 Å². The second-order valence-corrected chi connectivity index (χ2v) is 7.60. The van der Waals surface area contributed by atoms with E-state index in [4.69, 9.17) is 4.89 Å². The minimum absolute atomic E-state index is 0.998. The number of unbranched alkanes of at least 4 members (excludes halogenated alkanes) is 5. The van der Waals surface area contributed by atoms with Crippen LogP contribution in [0.5, 0.6) is 0 Å². The quantitative estimate of drug-likeness (QED) is 0.369. The van der Waals surface area contributed by atoms with E-state index in [0.29, 0.717) is 0 Å². The summed E-state index contributed by atoms with van der Waals surface area (Å²) in [5, 5.41) is 0. The van der Waals surface area contributed by atoms with Gasteiger partial charge in [-0.1, -0.05) is 39.0 Å². The third kappa shape index (κ3) is 12.8. The van der Waals surface area contributed by atoms with Crippen LogP contribution in [0.4, 0.5) is 0 Å². The number of hydrogen-bond acceptors (Lipinski definition) is 3. The largest absolute Gasteiger partial charge is 0.594 e. The van der Waals surface area contributed by atoms with Gasteiger partial charge in [0.1, 0.15) is 0 Å². The van der Waals surface area contributed by atoms with E-state index in [0.717, 1.165) is 16.2 Å². The third-order valence-electron chi connectivity index (χ3n) is 1.70. The molecule has 0 saturated heterocycles. The average Bonchev–Trinajstić information content (AvgIpc) is 2.09. The summed E-state index contributed by atoms with van der Waals surface area (Å²) in [6, 6.07) is 0. The van der Waals surface area contributed by atoms with Crippen molar-refractivity contribution in [3.05, 3.63) is 0 Å². The highest BCUT2D eigenvalue weighted by Gasteiger charge is 2.12. The Balaban J connectivity index is 2.87. The van der Waals surface area contributed by atoms with Crippen molar-refractivity contribution in [3.63, 3.8) is 0 Å². The molecular formula is C8H18O2PS2+. The maximum Gasteiger partial charge on any atom is 0.594 e. The summed E-state index contributed by atoms with van der Waals surface area (Å²) in [7, 11) is 0.588. The molecule has 0 fully saturated rings. The van der Waals surface area contributed by atoms with Crippen molar-refractivity contribution in [2.75, 3.05) is 5.75 Å². The van der Waals surface area contributed by atoms with Gasteiger partial charge >= 0.3 is 7.23 Å². The molecule has 0 aromatic carbocycles. The van der Waals surface area contributed by atoms with E-state index in [-0.39, 0.29) is 0 Å². The fourth-order valence-corrected chi connectivity index (χ4v) is 3.84. The van der Waals surface area contributed by atoms with Gasteiger partial charge in [-0.05, 0) is 21.8 Å². The van der Waals surface area contributed by atoms with Crippen molar-refractivity contribution in [2.45, 2.75) is 45.4 Å². The fourth-order valence-electron chi connectivity index (χ4n) is 1.02. The zero-order valence-electron chi connectivity index (χ0n) is 8.07. The lowest BCUT2D eigenvalue weighted by molar-refractivity contribution is 0.520. The fraction of sp³-hybridized carbons (Fsp3) is 1.00. The topological polar surface area (TPSA) is 37.3 Å². The molecule has 1 N–H and O–H groups in total. The van der Waals surface area contributed by atoms with Gasteiger partial charge in [0.25, 0.3) is 0 Å². The molecule has 5 heteroatoms. The van der Waals surface area contributed by atoms with Gasteiger partial charge in [-0.25, -0.2) is 0 Å². The molecule has 0 aliphatic carbocycles. The second-order valence-electron chi connectivity index (χ2n) is 2.90. The highest BCUT2D eigenvalue weighted by Crippen LogP contribution is 2.43. The van der Waals surface area contributed by atoms with E-state index in [9.17, 15) is 4.57 Å². The predicted molar refractivity (Wildman–Crippen MR) is 63.3 cm³/mol. The molecule has 0 bridgehead atoms. The summed E-state index contributed by atoms with van der Waals surface area (Å²) in [4.78, 5) is 8.48. The molecule has 0 aromatic heterocycles. The summed E-state index contributed by atoms with van der Waals surface area (Å²) >= 11 is 0.